The van der Waals surface area contributed by atoms with Gasteiger partial charge in [-0.15, -0.1) is 11.3 Å². The third-order valence-electron chi connectivity index (χ3n) is 6.01. The fraction of sp³-hybridized carbons (Fsp3) is 0.167. The molecule has 0 saturated carbocycles. The first kappa shape index (κ1) is 22.4. The van der Waals surface area contributed by atoms with Crippen LogP contribution in [0, 0.1) is 17.0 Å². The summed E-state index contributed by atoms with van der Waals surface area (Å²) in [5.74, 6) is -0.616. The second kappa shape index (κ2) is 9.11. The standard InChI is InChI=1S/C24H20N6O4S/c1-15-18(24(32)28-9-7-22-17(12-28)8-10-35-22)3-2-4-19(15)27-23(31)16-5-6-20(21(11-16)30(33)34)29-14-25-13-26-29/h2-6,8,10-11,13-14H,7,9,12H2,1H3,(H,27,31). The fourth-order valence-corrected chi connectivity index (χ4v) is 5.02. The van der Waals surface area contributed by atoms with Crippen molar-refractivity contribution in [2.75, 3.05) is 11.9 Å². The van der Waals surface area contributed by atoms with Crippen molar-refractivity contribution in [1.29, 1.82) is 0 Å². The van der Waals surface area contributed by atoms with E-state index in [4.69, 9.17) is 0 Å². The number of hydrogen-bond acceptors (Lipinski definition) is 7. The van der Waals surface area contributed by atoms with E-state index in [1.807, 2.05) is 10.3 Å². The molecular weight excluding hydrogens is 468 g/mol. The number of rotatable bonds is 5. The number of nitro groups is 1. The van der Waals surface area contributed by atoms with Crippen LogP contribution in [-0.2, 0) is 13.0 Å². The van der Waals surface area contributed by atoms with Gasteiger partial charge in [-0.2, -0.15) is 5.10 Å². The maximum atomic E-state index is 13.3. The zero-order chi connectivity index (χ0) is 24.5. The molecule has 35 heavy (non-hydrogen) atoms. The maximum absolute atomic E-state index is 13.3. The van der Waals surface area contributed by atoms with E-state index in [9.17, 15) is 19.7 Å². The van der Waals surface area contributed by atoms with Gasteiger partial charge in [-0.1, -0.05) is 6.07 Å². The summed E-state index contributed by atoms with van der Waals surface area (Å²) in [6.07, 6.45) is 3.44. The van der Waals surface area contributed by atoms with Crippen LogP contribution in [0.4, 0.5) is 11.4 Å². The molecule has 10 nitrogen and oxygen atoms in total. The van der Waals surface area contributed by atoms with Crippen molar-refractivity contribution in [2.45, 2.75) is 19.9 Å². The molecule has 2 aromatic carbocycles. The molecule has 11 heteroatoms. The molecule has 3 heterocycles. The Kier molecular flexibility index (Phi) is 5.83. The number of benzene rings is 2. The number of nitrogens with one attached hydrogen (secondary N) is 1. The van der Waals surface area contributed by atoms with Crippen LogP contribution in [0.1, 0.15) is 36.7 Å². The molecule has 2 amide bonds. The third-order valence-corrected chi connectivity index (χ3v) is 7.03. The van der Waals surface area contributed by atoms with E-state index < -0.39 is 10.8 Å². The van der Waals surface area contributed by atoms with Crippen LogP contribution in [0.15, 0.2) is 60.5 Å². The normalized spacial score (nSPS) is 12.8. The molecule has 5 rings (SSSR count). The maximum Gasteiger partial charge on any atom is 0.295 e. The van der Waals surface area contributed by atoms with Gasteiger partial charge in [-0.3, -0.25) is 19.7 Å². The van der Waals surface area contributed by atoms with Gasteiger partial charge in [0.25, 0.3) is 17.5 Å². The fourth-order valence-electron chi connectivity index (χ4n) is 4.13. The second-order valence-electron chi connectivity index (χ2n) is 8.08. The minimum Gasteiger partial charge on any atom is -0.334 e. The van der Waals surface area contributed by atoms with Gasteiger partial charge in [-0.25, -0.2) is 9.67 Å². The quantitative estimate of drug-likeness (QED) is 0.335. The number of amides is 2. The van der Waals surface area contributed by atoms with Crippen molar-refractivity contribution in [2.24, 2.45) is 0 Å². The van der Waals surface area contributed by atoms with Crippen molar-refractivity contribution in [3.05, 3.63) is 97.7 Å². The van der Waals surface area contributed by atoms with Crippen molar-refractivity contribution in [1.82, 2.24) is 19.7 Å². The number of anilines is 1. The summed E-state index contributed by atoms with van der Waals surface area (Å²) in [5.41, 5.74) is 2.82. The lowest BCUT2D eigenvalue weighted by Crippen LogP contribution is -2.35. The van der Waals surface area contributed by atoms with Crippen LogP contribution in [0.2, 0.25) is 0 Å². The van der Waals surface area contributed by atoms with E-state index in [0.717, 1.165) is 6.42 Å². The van der Waals surface area contributed by atoms with Gasteiger partial charge in [0.05, 0.1) is 4.92 Å². The number of carbonyl (C=O) groups excluding carboxylic acids is 2. The molecule has 1 aliphatic heterocycles. The number of thiophene rings is 1. The Labute approximate surface area is 204 Å². The van der Waals surface area contributed by atoms with E-state index in [1.54, 1.807) is 36.5 Å². The van der Waals surface area contributed by atoms with E-state index in [2.05, 4.69) is 21.5 Å². The van der Waals surface area contributed by atoms with Crippen LogP contribution in [0.5, 0.6) is 0 Å². The number of nitrogens with zero attached hydrogens (tertiary/aromatic N) is 5. The Bertz CT molecular complexity index is 1450. The predicted molar refractivity (Wildman–Crippen MR) is 130 cm³/mol. The summed E-state index contributed by atoms with van der Waals surface area (Å²) in [4.78, 5) is 44.2. The van der Waals surface area contributed by atoms with Gasteiger partial charge < -0.3 is 10.2 Å². The third kappa shape index (κ3) is 4.28. The number of fused-ring (bicyclic) bond motifs is 1. The summed E-state index contributed by atoms with van der Waals surface area (Å²) < 4.78 is 1.26. The Balaban J connectivity index is 1.38. The predicted octanol–water partition coefficient (Wildman–Crippen LogP) is 4.00. The molecule has 0 aliphatic carbocycles. The Morgan fingerprint density at radius 3 is 2.83 bits per heavy atom. The largest absolute Gasteiger partial charge is 0.334 e. The molecule has 0 fully saturated rings. The van der Waals surface area contributed by atoms with Gasteiger partial charge in [-0.05, 0) is 60.2 Å². The molecule has 2 aromatic heterocycles. The molecule has 0 saturated heterocycles. The SMILES string of the molecule is Cc1c(NC(=O)c2ccc(-n3cncn3)c([N+](=O)[O-])c2)cccc1C(=O)N1CCc2sccc2C1. The topological polar surface area (TPSA) is 123 Å². The monoisotopic (exact) mass is 488 g/mol. The highest BCUT2D eigenvalue weighted by Crippen LogP contribution is 2.28. The van der Waals surface area contributed by atoms with Gasteiger partial charge in [0.15, 0.2) is 0 Å². The summed E-state index contributed by atoms with van der Waals surface area (Å²) in [7, 11) is 0. The van der Waals surface area contributed by atoms with Gasteiger partial charge in [0.2, 0.25) is 0 Å². The highest BCUT2D eigenvalue weighted by atomic mass is 32.1. The first-order valence-corrected chi connectivity index (χ1v) is 11.7. The minimum atomic E-state index is -0.574. The van der Waals surface area contributed by atoms with E-state index in [1.165, 1.54) is 46.0 Å². The first-order chi connectivity index (χ1) is 16.9. The Morgan fingerprint density at radius 2 is 2.06 bits per heavy atom. The molecule has 176 valence electrons. The number of hydrogen-bond donors (Lipinski definition) is 1. The Morgan fingerprint density at radius 1 is 1.20 bits per heavy atom. The summed E-state index contributed by atoms with van der Waals surface area (Å²) in [5, 5.41) is 20.4. The van der Waals surface area contributed by atoms with Crippen LogP contribution in [-0.4, -0.2) is 42.9 Å². The van der Waals surface area contributed by atoms with Gasteiger partial charge in [0.1, 0.15) is 18.3 Å². The molecule has 1 aliphatic rings. The molecule has 0 spiro atoms. The van der Waals surface area contributed by atoms with Crippen molar-refractivity contribution in [3.8, 4) is 5.69 Å². The average Bonchev–Trinajstić information content (AvgIpc) is 3.56. The van der Waals surface area contributed by atoms with Crippen LogP contribution in [0.3, 0.4) is 0 Å². The van der Waals surface area contributed by atoms with E-state index >= 15 is 0 Å². The zero-order valence-corrected chi connectivity index (χ0v) is 19.5. The molecule has 0 bridgehead atoms. The number of carbonyl (C=O) groups is 2. The number of nitro benzene ring substituents is 1. The number of aromatic nitrogens is 3. The second-order valence-corrected chi connectivity index (χ2v) is 9.08. The highest BCUT2D eigenvalue weighted by molar-refractivity contribution is 7.10. The van der Waals surface area contributed by atoms with Gasteiger partial charge in [0, 0.05) is 40.8 Å². The van der Waals surface area contributed by atoms with Gasteiger partial charge >= 0.3 is 0 Å². The van der Waals surface area contributed by atoms with Crippen molar-refractivity contribution < 1.29 is 14.5 Å². The summed E-state index contributed by atoms with van der Waals surface area (Å²) in [6, 6.07) is 11.3. The lowest BCUT2D eigenvalue weighted by atomic mass is 10.0. The van der Waals surface area contributed by atoms with Crippen molar-refractivity contribution in [3.63, 3.8) is 0 Å². The lowest BCUT2D eigenvalue weighted by molar-refractivity contribution is -0.384. The smallest absolute Gasteiger partial charge is 0.295 e. The molecular formula is C24H20N6O4S. The Hall–Kier alpha value is -4.38. The van der Waals surface area contributed by atoms with Crippen LogP contribution >= 0.6 is 11.3 Å². The average molecular weight is 489 g/mol. The highest BCUT2D eigenvalue weighted by Gasteiger charge is 2.25. The minimum absolute atomic E-state index is 0.0942. The van der Waals surface area contributed by atoms with E-state index in [0.29, 0.717) is 29.9 Å². The van der Waals surface area contributed by atoms with Crippen molar-refractivity contribution >= 4 is 34.5 Å². The molecule has 0 radical (unpaired) electrons. The molecule has 4 aromatic rings. The lowest BCUT2D eigenvalue weighted by Gasteiger charge is -2.28. The first-order valence-electron chi connectivity index (χ1n) is 10.8. The molecule has 1 N–H and O–H groups in total. The summed E-state index contributed by atoms with van der Waals surface area (Å²) in [6.45, 7) is 2.98. The van der Waals surface area contributed by atoms with Crippen LogP contribution < -0.4 is 5.32 Å². The summed E-state index contributed by atoms with van der Waals surface area (Å²) >= 11 is 1.71. The molecule has 0 unspecified atom stereocenters. The molecule has 0 atom stereocenters. The van der Waals surface area contributed by atoms with Crippen LogP contribution in [0.25, 0.3) is 5.69 Å². The van der Waals surface area contributed by atoms with E-state index in [-0.39, 0.29) is 22.8 Å². The zero-order valence-electron chi connectivity index (χ0n) is 18.7.